The lowest BCUT2D eigenvalue weighted by Crippen LogP contribution is -2.31. The summed E-state index contributed by atoms with van der Waals surface area (Å²) in [6.07, 6.45) is 8.86. The van der Waals surface area contributed by atoms with Crippen LogP contribution >= 0.6 is 11.3 Å². The number of nitrogens with one attached hydrogen (secondary N) is 1. The van der Waals surface area contributed by atoms with Gasteiger partial charge in [0.25, 0.3) is 0 Å². The van der Waals surface area contributed by atoms with Gasteiger partial charge < -0.3 is 5.32 Å². The molecule has 0 bridgehead atoms. The van der Waals surface area contributed by atoms with Gasteiger partial charge in [0.05, 0.1) is 10.7 Å². The Kier molecular flexibility index (Phi) is 6.02. The van der Waals surface area contributed by atoms with Gasteiger partial charge in [-0.2, -0.15) is 0 Å². The molecule has 0 aliphatic heterocycles. The maximum absolute atomic E-state index is 11.9. The molecule has 4 heteroatoms. The third-order valence-corrected chi connectivity index (χ3v) is 5.33. The number of amides is 1. The molecule has 1 N–H and O–H groups in total. The summed E-state index contributed by atoms with van der Waals surface area (Å²) in [4.78, 5) is 18.1. The van der Waals surface area contributed by atoms with E-state index in [1.807, 2.05) is 11.3 Å². The molecule has 1 aromatic heterocycles. The summed E-state index contributed by atoms with van der Waals surface area (Å²) in [7, 11) is 0. The van der Waals surface area contributed by atoms with Gasteiger partial charge in [0, 0.05) is 23.8 Å². The molecule has 0 spiro atoms. The van der Waals surface area contributed by atoms with E-state index in [0.717, 1.165) is 38.6 Å². The second-order valence-corrected chi connectivity index (χ2v) is 6.76. The molecule has 0 saturated heterocycles. The number of nitrogens with zero attached hydrogens (tertiary/aromatic N) is 1. The van der Waals surface area contributed by atoms with Crippen LogP contribution in [-0.4, -0.2) is 17.4 Å². The Morgan fingerprint density at radius 3 is 2.75 bits per heavy atom. The first-order valence-corrected chi connectivity index (χ1v) is 8.81. The normalized spacial score (nSPS) is 14.3. The first kappa shape index (κ1) is 15.5. The molecule has 1 amide bonds. The summed E-state index contributed by atoms with van der Waals surface area (Å²) in [6.45, 7) is 4.93. The van der Waals surface area contributed by atoms with Crippen molar-refractivity contribution in [1.82, 2.24) is 10.3 Å². The van der Waals surface area contributed by atoms with Crippen molar-refractivity contribution < 1.29 is 4.79 Å². The minimum absolute atomic E-state index is 0.183. The van der Waals surface area contributed by atoms with Crippen LogP contribution in [0.5, 0.6) is 0 Å². The van der Waals surface area contributed by atoms with Crippen LogP contribution in [0.3, 0.4) is 0 Å². The molecule has 1 aromatic rings. The largest absolute Gasteiger partial charge is 0.356 e. The predicted molar refractivity (Wildman–Crippen MR) is 84.2 cm³/mol. The lowest BCUT2D eigenvalue weighted by atomic mass is 10.0. The summed E-state index contributed by atoms with van der Waals surface area (Å²) in [5.41, 5.74) is 1.34. The molecule has 0 atom stereocenters. The molecule has 1 aliphatic carbocycles. The van der Waals surface area contributed by atoms with Crippen molar-refractivity contribution in [2.75, 3.05) is 6.54 Å². The second-order valence-electron chi connectivity index (χ2n) is 5.59. The number of carbonyl (C=O) groups excluding carboxylic acids is 1. The molecule has 2 rings (SSSR count). The quantitative estimate of drug-likeness (QED) is 0.782. The maximum Gasteiger partial charge on any atom is 0.223 e. The third kappa shape index (κ3) is 4.05. The van der Waals surface area contributed by atoms with Gasteiger partial charge in [-0.25, -0.2) is 4.98 Å². The van der Waals surface area contributed by atoms with Crippen molar-refractivity contribution in [3.05, 3.63) is 15.6 Å². The van der Waals surface area contributed by atoms with E-state index in [0.29, 0.717) is 0 Å². The molecule has 1 aliphatic rings. The van der Waals surface area contributed by atoms with Gasteiger partial charge in [0.15, 0.2) is 0 Å². The van der Waals surface area contributed by atoms with E-state index in [4.69, 9.17) is 4.98 Å². The number of aromatic nitrogens is 1. The van der Waals surface area contributed by atoms with Crippen molar-refractivity contribution in [2.45, 2.75) is 65.2 Å². The summed E-state index contributed by atoms with van der Waals surface area (Å²) in [6, 6.07) is 0. The monoisotopic (exact) mass is 294 g/mol. The van der Waals surface area contributed by atoms with Crippen LogP contribution in [0.2, 0.25) is 0 Å². The van der Waals surface area contributed by atoms with Crippen LogP contribution in [0.4, 0.5) is 0 Å². The molecule has 0 unspecified atom stereocenters. The number of hydrogen-bond donors (Lipinski definition) is 1. The van der Waals surface area contributed by atoms with E-state index in [1.54, 1.807) is 0 Å². The zero-order valence-electron chi connectivity index (χ0n) is 12.7. The van der Waals surface area contributed by atoms with Gasteiger partial charge in [-0.05, 0) is 44.9 Å². The standard InChI is InChI=1S/C16H26N2OS/c1-3-12(4-2)16(19)17-11-7-10-15-18-13-8-5-6-9-14(13)20-15/h12H,3-11H2,1-2H3,(H,17,19). The van der Waals surface area contributed by atoms with Crippen LogP contribution in [0.1, 0.15) is 61.5 Å². The van der Waals surface area contributed by atoms with E-state index >= 15 is 0 Å². The lowest BCUT2D eigenvalue weighted by molar-refractivity contribution is -0.125. The first-order valence-electron chi connectivity index (χ1n) is 7.99. The summed E-state index contributed by atoms with van der Waals surface area (Å²) >= 11 is 1.89. The molecule has 0 fully saturated rings. The zero-order valence-corrected chi connectivity index (χ0v) is 13.5. The highest BCUT2D eigenvalue weighted by Crippen LogP contribution is 2.27. The van der Waals surface area contributed by atoms with Crippen LogP contribution < -0.4 is 5.32 Å². The zero-order chi connectivity index (χ0) is 14.4. The Morgan fingerprint density at radius 1 is 1.30 bits per heavy atom. The predicted octanol–water partition coefficient (Wildman–Crippen LogP) is 3.51. The van der Waals surface area contributed by atoms with E-state index in [-0.39, 0.29) is 11.8 Å². The highest BCUT2D eigenvalue weighted by Gasteiger charge is 2.15. The van der Waals surface area contributed by atoms with Crippen LogP contribution in [0, 0.1) is 5.92 Å². The minimum atomic E-state index is 0.183. The SMILES string of the molecule is CCC(CC)C(=O)NCCCc1nc2c(s1)CCCC2. The van der Waals surface area contributed by atoms with Gasteiger partial charge >= 0.3 is 0 Å². The molecular formula is C16H26N2OS. The minimum Gasteiger partial charge on any atom is -0.356 e. The van der Waals surface area contributed by atoms with Crippen molar-refractivity contribution >= 4 is 17.2 Å². The Bertz CT molecular complexity index is 414. The average Bonchev–Trinajstić information content (AvgIpc) is 2.87. The van der Waals surface area contributed by atoms with Gasteiger partial charge in [0.1, 0.15) is 0 Å². The summed E-state index contributed by atoms with van der Waals surface area (Å²) < 4.78 is 0. The summed E-state index contributed by atoms with van der Waals surface area (Å²) in [5, 5.41) is 4.31. The number of thiazole rings is 1. The molecule has 3 nitrogen and oxygen atoms in total. The first-order chi connectivity index (χ1) is 9.74. The lowest BCUT2D eigenvalue weighted by Gasteiger charge is -2.12. The van der Waals surface area contributed by atoms with E-state index in [1.165, 1.54) is 34.8 Å². The fourth-order valence-corrected chi connectivity index (χ4v) is 3.97. The number of hydrogen-bond acceptors (Lipinski definition) is 3. The molecule has 0 saturated carbocycles. The summed E-state index contributed by atoms with van der Waals surface area (Å²) in [5.74, 6) is 0.399. The number of rotatable bonds is 7. The third-order valence-electron chi connectivity index (χ3n) is 4.11. The van der Waals surface area contributed by atoms with Gasteiger partial charge in [-0.3, -0.25) is 4.79 Å². The number of fused-ring (bicyclic) bond motifs is 1. The van der Waals surface area contributed by atoms with E-state index < -0.39 is 0 Å². The van der Waals surface area contributed by atoms with Crippen molar-refractivity contribution in [1.29, 1.82) is 0 Å². The van der Waals surface area contributed by atoms with Crippen LogP contribution in [0.15, 0.2) is 0 Å². The van der Waals surface area contributed by atoms with Crippen molar-refractivity contribution in [2.24, 2.45) is 5.92 Å². The highest BCUT2D eigenvalue weighted by molar-refractivity contribution is 7.11. The highest BCUT2D eigenvalue weighted by atomic mass is 32.1. The molecular weight excluding hydrogens is 268 g/mol. The Morgan fingerprint density at radius 2 is 2.05 bits per heavy atom. The number of carbonyl (C=O) groups is 1. The maximum atomic E-state index is 11.9. The number of aryl methyl sites for hydroxylation is 3. The van der Waals surface area contributed by atoms with E-state index in [9.17, 15) is 4.79 Å². The topological polar surface area (TPSA) is 42.0 Å². The molecule has 20 heavy (non-hydrogen) atoms. The van der Waals surface area contributed by atoms with Crippen molar-refractivity contribution in [3.63, 3.8) is 0 Å². The van der Waals surface area contributed by atoms with Gasteiger partial charge in [-0.15, -0.1) is 11.3 Å². The van der Waals surface area contributed by atoms with E-state index in [2.05, 4.69) is 19.2 Å². The fraction of sp³-hybridized carbons (Fsp3) is 0.750. The Balaban J connectivity index is 1.71. The molecule has 112 valence electrons. The van der Waals surface area contributed by atoms with Gasteiger partial charge in [0.2, 0.25) is 5.91 Å². The Labute approximate surface area is 126 Å². The fourth-order valence-electron chi connectivity index (χ4n) is 2.77. The Hall–Kier alpha value is -0.900. The van der Waals surface area contributed by atoms with Gasteiger partial charge in [-0.1, -0.05) is 13.8 Å². The van der Waals surface area contributed by atoms with Crippen LogP contribution in [-0.2, 0) is 24.1 Å². The average molecular weight is 294 g/mol. The smallest absolute Gasteiger partial charge is 0.223 e. The molecule has 0 radical (unpaired) electrons. The van der Waals surface area contributed by atoms with Crippen molar-refractivity contribution in [3.8, 4) is 0 Å². The second kappa shape index (κ2) is 7.77. The van der Waals surface area contributed by atoms with Crippen LogP contribution in [0.25, 0.3) is 0 Å². The molecule has 1 heterocycles. The molecule has 0 aromatic carbocycles.